The van der Waals surface area contributed by atoms with Crippen LogP contribution in [0.2, 0.25) is 5.02 Å². The second-order valence-electron chi connectivity index (χ2n) is 2.33. The van der Waals surface area contributed by atoms with Crippen molar-refractivity contribution in [1.82, 2.24) is 0 Å². The molecule has 0 spiro atoms. The first kappa shape index (κ1) is 9.35. The van der Waals surface area contributed by atoms with E-state index in [4.69, 9.17) is 11.6 Å². The van der Waals surface area contributed by atoms with Gasteiger partial charge in [-0.05, 0) is 13.0 Å². The lowest BCUT2D eigenvalue weighted by Crippen LogP contribution is -1.92. The second kappa shape index (κ2) is 3.33. The van der Waals surface area contributed by atoms with Gasteiger partial charge in [-0.1, -0.05) is 11.6 Å². The van der Waals surface area contributed by atoms with Crippen molar-refractivity contribution >= 4 is 29.9 Å². The lowest BCUT2D eigenvalue weighted by atomic mass is 10.2. The Bertz CT molecular complexity index is 340. The largest absolute Gasteiger partial charge is 0.274 e. The first-order chi connectivity index (χ1) is 5.52. The predicted octanol–water partition coefficient (Wildman–Crippen LogP) is 2.85. The predicted molar refractivity (Wildman–Crippen MR) is 50.1 cm³/mol. The van der Waals surface area contributed by atoms with E-state index >= 15 is 0 Å². The number of halogens is 1. The van der Waals surface area contributed by atoms with E-state index in [1.165, 1.54) is 6.07 Å². The smallest absolute Gasteiger partial charge is 0.258 e. The maximum absolute atomic E-state index is 10.4. The number of nitro groups is 1. The summed E-state index contributed by atoms with van der Waals surface area (Å²) < 4.78 is 0. The molecular formula is C7H6ClNO2S. The van der Waals surface area contributed by atoms with Crippen molar-refractivity contribution in [2.45, 2.75) is 11.8 Å². The minimum atomic E-state index is -0.471. The van der Waals surface area contributed by atoms with Gasteiger partial charge >= 0.3 is 0 Å². The van der Waals surface area contributed by atoms with E-state index in [1.807, 2.05) is 0 Å². The highest BCUT2D eigenvalue weighted by Crippen LogP contribution is 2.28. The number of nitro benzene ring substituents is 1. The number of rotatable bonds is 1. The number of hydrogen-bond acceptors (Lipinski definition) is 3. The Labute approximate surface area is 79.9 Å². The quantitative estimate of drug-likeness (QED) is 0.433. The van der Waals surface area contributed by atoms with Gasteiger partial charge in [-0.3, -0.25) is 10.1 Å². The molecule has 0 saturated carbocycles. The lowest BCUT2D eigenvalue weighted by molar-refractivity contribution is -0.385. The number of nitrogens with zero attached hydrogens (tertiary/aromatic N) is 1. The van der Waals surface area contributed by atoms with Gasteiger partial charge in [0.15, 0.2) is 0 Å². The first-order valence-electron chi connectivity index (χ1n) is 3.16. The summed E-state index contributed by atoms with van der Waals surface area (Å²) in [6.45, 7) is 1.60. The van der Waals surface area contributed by atoms with Gasteiger partial charge in [-0.15, -0.1) is 12.6 Å². The molecule has 0 heterocycles. The molecule has 12 heavy (non-hydrogen) atoms. The highest BCUT2D eigenvalue weighted by Gasteiger charge is 2.13. The van der Waals surface area contributed by atoms with Crippen molar-refractivity contribution in [2.75, 3.05) is 0 Å². The van der Waals surface area contributed by atoms with Crippen LogP contribution in [0.15, 0.2) is 17.0 Å². The molecule has 0 saturated heterocycles. The molecule has 0 aliphatic heterocycles. The zero-order valence-electron chi connectivity index (χ0n) is 6.24. The third kappa shape index (κ3) is 1.70. The van der Waals surface area contributed by atoms with Crippen LogP contribution < -0.4 is 0 Å². The molecule has 64 valence electrons. The van der Waals surface area contributed by atoms with Gasteiger partial charge in [0, 0.05) is 16.5 Å². The topological polar surface area (TPSA) is 43.1 Å². The molecule has 0 N–H and O–H groups in total. The summed E-state index contributed by atoms with van der Waals surface area (Å²) >= 11 is 9.69. The lowest BCUT2D eigenvalue weighted by Gasteiger charge is -2.00. The zero-order chi connectivity index (χ0) is 9.30. The molecule has 0 fully saturated rings. The Morgan fingerprint density at radius 3 is 2.67 bits per heavy atom. The summed E-state index contributed by atoms with van der Waals surface area (Å²) in [6, 6.07) is 2.96. The Hall–Kier alpha value is -0.740. The van der Waals surface area contributed by atoms with Crippen LogP contribution in [-0.4, -0.2) is 4.92 Å². The number of thiol groups is 1. The maximum Gasteiger partial charge on any atom is 0.274 e. The van der Waals surface area contributed by atoms with Crippen LogP contribution in [0.1, 0.15) is 5.56 Å². The van der Waals surface area contributed by atoms with Crippen LogP contribution in [0.25, 0.3) is 0 Å². The van der Waals surface area contributed by atoms with Gasteiger partial charge in [0.1, 0.15) is 0 Å². The molecule has 1 aromatic carbocycles. The van der Waals surface area contributed by atoms with Crippen molar-refractivity contribution in [3.05, 3.63) is 32.8 Å². The minimum Gasteiger partial charge on any atom is -0.258 e. The van der Waals surface area contributed by atoms with Crippen LogP contribution in [-0.2, 0) is 0 Å². The zero-order valence-corrected chi connectivity index (χ0v) is 7.89. The summed E-state index contributed by atoms with van der Waals surface area (Å²) in [5.74, 6) is 0. The summed E-state index contributed by atoms with van der Waals surface area (Å²) in [7, 11) is 0. The van der Waals surface area contributed by atoms with E-state index < -0.39 is 4.92 Å². The molecule has 0 atom stereocenters. The molecule has 1 rings (SSSR count). The van der Waals surface area contributed by atoms with Crippen LogP contribution in [0.4, 0.5) is 5.69 Å². The Morgan fingerprint density at radius 1 is 1.58 bits per heavy atom. The molecule has 0 radical (unpaired) electrons. The third-order valence-electron chi connectivity index (χ3n) is 1.50. The average Bonchev–Trinajstić information content (AvgIpc) is 1.96. The van der Waals surface area contributed by atoms with Crippen LogP contribution in [0.3, 0.4) is 0 Å². The van der Waals surface area contributed by atoms with Gasteiger partial charge < -0.3 is 0 Å². The van der Waals surface area contributed by atoms with Crippen molar-refractivity contribution < 1.29 is 4.92 Å². The van der Waals surface area contributed by atoms with Gasteiger partial charge in [0.2, 0.25) is 0 Å². The van der Waals surface area contributed by atoms with E-state index in [0.717, 1.165) is 0 Å². The van der Waals surface area contributed by atoms with Gasteiger partial charge in [-0.25, -0.2) is 0 Å². The van der Waals surface area contributed by atoms with Crippen molar-refractivity contribution in [3.63, 3.8) is 0 Å². The fourth-order valence-corrected chi connectivity index (χ4v) is 1.38. The Morgan fingerprint density at radius 2 is 2.17 bits per heavy atom. The normalized spacial score (nSPS) is 9.92. The molecular weight excluding hydrogens is 198 g/mol. The third-order valence-corrected chi connectivity index (χ3v) is 2.15. The van der Waals surface area contributed by atoms with Crippen LogP contribution >= 0.6 is 24.2 Å². The monoisotopic (exact) mass is 203 g/mol. The molecule has 0 aliphatic carbocycles. The fraction of sp³-hybridized carbons (Fsp3) is 0.143. The molecule has 0 aliphatic rings. The Kier molecular flexibility index (Phi) is 2.59. The van der Waals surface area contributed by atoms with Gasteiger partial charge in [0.05, 0.1) is 9.95 Å². The van der Waals surface area contributed by atoms with E-state index in [1.54, 1.807) is 13.0 Å². The van der Waals surface area contributed by atoms with Gasteiger partial charge in [-0.2, -0.15) is 0 Å². The van der Waals surface area contributed by atoms with E-state index in [9.17, 15) is 10.1 Å². The summed E-state index contributed by atoms with van der Waals surface area (Å²) in [5, 5.41) is 10.8. The summed E-state index contributed by atoms with van der Waals surface area (Å²) in [4.78, 5) is 10.5. The van der Waals surface area contributed by atoms with Crippen LogP contribution in [0, 0.1) is 17.0 Å². The highest BCUT2D eigenvalue weighted by atomic mass is 35.5. The number of hydrogen-bond donors (Lipinski definition) is 1. The van der Waals surface area contributed by atoms with E-state index in [2.05, 4.69) is 12.6 Å². The van der Waals surface area contributed by atoms with E-state index in [0.29, 0.717) is 15.5 Å². The Balaban J connectivity index is 3.37. The first-order valence-corrected chi connectivity index (χ1v) is 3.98. The molecule has 0 unspecified atom stereocenters. The highest BCUT2D eigenvalue weighted by molar-refractivity contribution is 7.80. The molecule has 3 nitrogen and oxygen atoms in total. The number of benzene rings is 1. The summed E-state index contributed by atoms with van der Waals surface area (Å²) in [6.07, 6.45) is 0. The fourth-order valence-electron chi connectivity index (χ4n) is 0.840. The summed E-state index contributed by atoms with van der Waals surface area (Å²) in [5.41, 5.74) is 0.479. The maximum atomic E-state index is 10.4. The average molecular weight is 204 g/mol. The second-order valence-corrected chi connectivity index (χ2v) is 3.25. The van der Waals surface area contributed by atoms with E-state index in [-0.39, 0.29) is 5.69 Å². The van der Waals surface area contributed by atoms with Crippen molar-refractivity contribution in [1.29, 1.82) is 0 Å². The van der Waals surface area contributed by atoms with Crippen LogP contribution in [0.5, 0.6) is 0 Å². The molecule has 0 bridgehead atoms. The van der Waals surface area contributed by atoms with Gasteiger partial charge in [0.25, 0.3) is 5.69 Å². The van der Waals surface area contributed by atoms with Crippen molar-refractivity contribution in [2.24, 2.45) is 0 Å². The molecule has 0 aromatic heterocycles. The molecule has 0 amide bonds. The standard InChI is InChI=1S/C7H6ClNO2S/c1-4-6(8)2-5(12)3-7(4)9(10)11/h2-3,12H,1H3. The molecule has 5 heteroatoms. The SMILES string of the molecule is Cc1c(Cl)cc(S)cc1[N+](=O)[O-]. The minimum absolute atomic E-state index is 0.00694. The molecule has 1 aromatic rings. The van der Waals surface area contributed by atoms with Crippen molar-refractivity contribution in [3.8, 4) is 0 Å².